The smallest absolute Gasteiger partial charge is 0.237 e. The van der Waals surface area contributed by atoms with E-state index in [-0.39, 0.29) is 18.0 Å². The lowest BCUT2D eigenvalue weighted by molar-refractivity contribution is -0.126. The second-order valence-corrected chi connectivity index (χ2v) is 5.60. The van der Waals surface area contributed by atoms with Crippen molar-refractivity contribution in [1.82, 2.24) is 10.6 Å². The summed E-state index contributed by atoms with van der Waals surface area (Å²) in [5.74, 6) is 0.427. The molecule has 0 bridgehead atoms. The molecule has 4 heteroatoms. The third-order valence-corrected chi connectivity index (χ3v) is 3.53. The normalized spacial score (nSPS) is 24.1. The summed E-state index contributed by atoms with van der Waals surface area (Å²) in [6.45, 7) is 4.92. The molecule has 0 aliphatic carbocycles. The van der Waals surface area contributed by atoms with Gasteiger partial charge in [0.25, 0.3) is 0 Å². The molecule has 1 unspecified atom stereocenters. The van der Waals surface area contributed by atoms with Crippen molar-refractivity contribution in [3.05, 3.63) is 34.9 Å². The van der Waals surface area contributed by atoms with Crippen LogP contribution in [0.25, 0.3) is 0 Å². The number of hydrogen-bond acceptors (Lipinski definition) is 2. The minimum absolute atomic E-state index is 0.0635. The van der Waals surface area contributed by atoms with Gasteiger partial charge in [-0.25, -0.2) is 0 Å². The zero-order chi connectivity index (χ0) is 13.1. The van der Waals surface area contributed by atoms with Gasteiger partial charge in [0.2, 0.25) is 5.91 Å². The molecule has 18 heavy (non-hydrogen) atoms. The van der Waals surface area contributed by atoms with Gasteiger partial charge in [-0.3, -0.25) is 4.79 Å². The molecule has 1 amide bonds. The first-order valence-corrected chi connectivity index (χ1v) is 6.72. The highest BCUT2D eigenvalue weighted by Gasteiger charge is 2.29. The Morgan fingerprint density at radius 3 is 2.56 bits per heavy atom. The van der Waals surface area contributed by atoms with Crippen LogP contribution in [0.2, 0.25) is 5.02 Å². The number of carbonyl (C=O) groups is 1. The van der Waals surface area contributed by atoms with E-state index in [1.54, 1.807) is 0 Å². The molecule has 2 atom stereocenters. The Bertz CT molecular complexity index is 416. The van der Waals surface area contributed by atoms with Crippen molar-refractivity contribution in [2.75, 3.05) is 6.54 Å². The molecule has 0 saturated carbocycles. The Kier molecular flexibility index (Phi) is 4.25. The van der Waals surface area contributed by atoms with Crippen LogP contribution in [-0.4, -0.2) is 24.5 Å². The molecule has 2 rings (SSSR count). The molecule has 1 aliphatic rings. The molecule has 2 N–H and O–H groups in total. The van der Waals surface area contributed by atoms with Gasteiger partial charge in [-0.15, -0.1) is 0 Å². The van der Waals surface area contributed by atoms with Gasteiger partial charge in [0.15, 0.2) is 0 Å². The molecule has 3 nitrogen and oxygen atoms in total. The Morgan fingerprint density at radius 2 is 2.00 bits per heavy atom. The predicted octanol–water partition coefficient (Wildman–Crippen LogP) is 2.00. The standard InChI is InChI=1S/C14H19ClN2O/c1-9(2)13-14(18)17-12(8-16-13)7-10-3-5-11(15)6-4-10/h3-6,9,12-13,16H,7-8H2,1-2H3,(H,17,18)/t12-,13?/m0/s1. The summed E-state index contributed by atoms with van der Waals surface area (Å²) in [5, 5.41) is 7.13. The maximum atomic E-state index is 11.9. The fourth-order valence-electron chi connectivity index (χ4n) is 2.27. The molecular weight excluding hydrogens is 248 g/mol. The molecule has 1 aromatic carbocycles. The second-order valence-electron chi connectivity index (χ2n) is 5.17. The van der Waals surface area contributed by atoms with Crippen molar-refractivity contribution in [3.63, 3.8) is 0 Å². The van der Waals surface area contributed by atoms with Gasteiger partial charge in [-0.05, 0) is 30.0 Å². The van der Waals surface area contributed by atoms with E-state index in [4.69, 9.17) is 11.6 Å². The summed E-state index contributed by atoms with van der Waals surface area (Å²) in [7, 11) is 0. The molecule has 1 fully saturated rings. The zero-order valence-corrected chi connectivity index (χ0v) is 11.5. The van der Waals surface area contributed by atoms with Crippen molar-refractivity contribution < 1.29 is 4.79 Å². The third kappa shape index (κ3) is 3.24. The van der Waals surface area contributed by atoms with Crippen LogP contribution >= 0.6 is 11.6 Å². The fraction of sp³-hybridized carbons (Fsp3) is 0.500. The van der Waals surface area contributed by atoms with Crippen LogP contribution in [0.5, 0.6) is 0 Å². The highest BCUT2D eigenvalue weighted by Crippen LogP contribution is 2.13. The molecule has 0 radical (unpaired) electrons. The van der Waals surface area contributed by atoms with Crippen LogP contribution in [-0.2, 0) is 11.2 Å². The van der Waals surface area contributed by atoms with E-state index < -0.39 is 0 Å². The average molecular weight is 267 g/mol. The molecule has 98 valence electrons. The van der Waals surface area contributed by atoms with Crippen LogP contribution in [0.3, 0.4) is 0 Å². The quantitative estimate of drug-likeness (QED) is 0.879. The Balaban J connectivity index is 1.93. The van der Waals surface area contributed by atoms with Crippen molar-refractivity contribution in [3.8, 4) is 0 Å². The summed E-state index contributed by atoms with van der Waals surface area (Å²) >= 11 is 5.85. The lowest BCUT2D eigenvalue weighted by Gasteiger charge is -2.32. The summed E-state index contributed by atoms with van der Waals surface area (Å²) in [6.07, 6.45) is 0.834. The van der Waals surface area contributed by atoms with Gasteiger partial charge in [-0.2, -0.15) is 0 Å². The van der Waals surface area contributed by atoms with Crippen LogP contribution in [0.15, 0.2) is 24.3 Å². The van der Waals surface area contributed by atoms with Gasteiger partial charge < -0.3 is 10.6 Å². The topological polar surface area (TPSA) is 41.1 Å². The monoisotopic (exact) mass is 266 g/mol. The van der Waals surface area contributed by atoms with E-state index in [0.29, 0.717) is 5.92 Å². The largest absolute Gasteiger partial charge is 0.350 e. The van der Waals surface area contributed by atoms with Crippen LogP contribution in [0, 0.1) is 5.92 Å². The van der Waals surface area contributed by atoms with Crippen molar-refractivity contribution >= 4 is 17.5 Å². The number of hydrogen-bond donors (Lipinski definition) is 2. The molecule has 1 aromatic rings. The van der Waals surface area contributed by atoms with Crippen molar-refractivity contribution in [2.24, 2.45) is 5.92 Å². The van der Waals surface area contributed by atoms with Crippen molar-refractivity contribution in [2.45, 2.75) is 32.4 Å². The highest BCUT2D eigenvalue weighted by atomic mass is 35.5. The summed E-state index contributed by atoms with van der Waals surface area (Å²) < 4.78 is 0. The Labute approximate surface area is 113 Å². The second kappa shape index (κ2) is 5.72. The minimum Gasteiger partial charge on any atom is -0.350 e. The number of amides is 1. The van der Waals surface area contributed by atoms with E-state index in [2.05, 4.69) is 24.5 Å². The van der Waals surface area contributed by atoms with Gasteiger partial charge >= 0.3 is 0 Å². The van der Waals surface area contributed by atoms with Crippen molar-refractivity contribution in [1.29, 1.82) is 0 Å². The van der Waals surface area contributed by atoms with Gasteiger partial charge in [0.1, 0.15) is 0 Å². The van der Waals surface area contributed by atoms with Crippen LogP contribution < -0.4 is 10.6 Å². The van der Waals surface area contributed by atoms with Gasteiger partial charge in [0.05, 0.1) is 6.04 Å². The molecule has 0 spiro atoms. The zero-order valence-electron chi connectivity index (χ0n) is 10.7. The lowest BCUT2D eigenvalue weighted by Crippen LogP contribution is -2.60. The predicted molar refractivity (Wildman–Crippen MR) is 73.7 cm³/mol. The molecule has 1 saturated heterocycles. The van der Waals surface area contributed by atoms with E-state index in [1.807, 2.05) is 24.3 Å². The summed E-state index contributed by atoms with van der Waals surface area (Å²) in [4.78, 5) is 11.9. The molecule has 1 heterocycles. The summed E-state index contributed by atoms with van der Waals surface area (Å²) in [6, 6.07) is 7.87. The van der Waals surface area contributed by atoms with Crippen LogP contribution in [0.1, 0.15) is 19.4 Å². The van der Waals surface area contributed by atoms with Crippen LogP contribution in [0.4, 0.5) is 0 Å². The SMILES string of the molecule is CC(C)C1NC[C@H](Cc2ccc(Cl)cc2)NC1=O. The van der Waals surface area contributed by atoms with E-state index >= 15 is 0 Å². The fourth-order valence-corrected chi connectivity index (χ4v) is 2.40. The minimum atomic E-state index is -0.0635. The number of piperazine rings is 1. The number of rotatable bonds is 3. The first-order chi connectivity index (χ1) is 8.56. The number of carbonyl (C=O) groups excluding carboxylic acids is 1. The third-order valence-electron chi connectivity index (χ3n) is 3.28. The van der Waals surface area contributed by atoms with E-state index in [9.17, 15) is 4.79 Å². The average Bonchev–Trinajstić information content (AvgIpc) is 2.32. The maximum Gasteiger partial charge on any atom is 0.237 e. The maximum absolute atomic E-state index is 11.9. The van der Waals surface area contributed by atoms with E-state index in [1.165, 1.54) is 5.56 Å². The first kappa shape index (κ1) is 13.4. The number of halogens is 1. The molecular formula is C14H19ClN2O. The van der Waals surface area contributed by atoms with Gasteiger partial charge in [0, 0.05) is 17.6 Å². The first-order valence-electron chi connectivity index (χ1n) is 6.34. The number of benzene rings is 1. The number of nitrogens with one attached hydrogen (secondary N) is 2. The molecule has 0 aromatic heterocycles. The summed E-state index contributed by atoms with van der Waals surface area (Å²) in [5.41, 5.74) is 1.19. The highest BCUT2D eigenvalue weighted by molar-refractivity contribution is 6.30. The lowest BCUT2D eigenvalue weighted by atomic mass is 9.97. The van der Waals surface area contributed by atoms with Gasteiger partial charge in [-0.1, -0.05) is 37.6 Å². The molecule has 1 aliphatic heterocycles. The Morgan fingerprint density at radius 1 is 1.33 bits per heavy atom. The Hall–Kier alpha value is -1.06. The van der Waals surface area contributed by atoms with E-state index in [0.717, 1.165) is 18.0 Å².